The van der Waals surface area contributed by atoms with Crippen LogP contribution in [0.4, 0.5) is 0 Å². The summed E-state index contributed by atoms with van der Waals surface area (Å²) in [6.07, 6.45) is 1.95. The lowest BCUT2D eigenvalue weighted by Gasteiger charge is -2.27. The molecule has 0 spiro atoms. The fourth-order valence-corrected chi connectivity index (χ4v) is 3.68. The van der Waals surface area contributed by atoms with Gasteiger partial charge in [-0.05, 0) is 24.3 Å². The number of methoxy groups -OCH3 is 2. The van der Waals surface area contributed by atoms with Gasteiger partial charge in [0.25, 0.3) is 0 Å². The Morgan fingerprint density at radius 1 is 0.933 bits per heavy atom. The van der Waals surface area contributed by atoms with Crippen molar-refractivity contribution in [2.75, 3.05) is 52.8 Å². The van der Waals surface area contributed by atoms with Crippen LogP contribution in [0.2, 0.25) is 0 Å². The van der Waals surface area contributed by atoms with Crippen molar-refractivity contribution in [1.82, 2.24) is 14.4 Å². The van der Waals surface area contributed by atoms with E-state index >= 15 is 0 Å². The van der Waals surface area contributed by atoms with Gasteiger partial charge in [-0.2, -0.15) is 0 Å². The minimum absolute atomic E-state index is 0.0195. The van der Waals surface area contributed by atoms with Crippen LogP contribution in [0.15, 0.2) is 53.6 Å². The number of hydrogen-bond donors (Lipinski definition) is 0. The van der Waals surface area contributed by atoms with E-state index in [0.29, 0.717) is 32.8 Å². The average Bonchev–Trinajstić information content (AvgIpc) is 3.17. The Kier molecular flexibility index (Phi) is 10.5. The molecule has 1 aromatic heterocycles. The molecule has 2 aromatic rings. The molecule has 2 rings (SSSR count). The SMILES string of the molecule is COCCN(CC(=O)N(CCOC)Cc1cccn1C)C(=O)CSc1ccccc1. The first-order chi connectivity index (χ1) is 14.5. The number of nitrogens with zero attached hydrogens (tertiary/aromatic N) is 3. The summed E-state index contributed by atoms with van der Waals surface area (Å²) in [4.78, 5) is 30.2. The molecule has 0 radical (unpaired) electrons. The zero-order chi connectivity index (χ0) is 21.8. The molecule has 0 saturated carbocycles. The Morgan fingerprint density at radius 3 is 2.20 bits per heavy atom. The standard InChI is InChI=1S/C22H31N3O4S/c1-23-11-7-8-19(23)16-24(12-14-28-2)21(26)17-25(13-15-29-3)22(27)18-30-20-9-5-4-6-10-20/h4-11H,12-18H2,1-3H3. The number of rotatable bonds is 13. The van der Waals surface area contributed by atoms with E-state index in [2.05, 4.69) is 0 Å². The van der Waals surface area contributed by atoms with Gasteiger partial charge in [-0.15, -0.1) is 11.8 Å². The van der Waals surface area contributed by atoms with E-state index in [-0.39, 0.29) is 24.1 Å². The molecular formula is C22H31N3O4S. The lowest BCUT2D eigenvalue weighted by Crippen LogP contribution is -2.45. The molecule has 1 aromatic carbocycles. The van der Waals surface area contributed by atoms with E-state index in [1.807, 2.05) is 60.3 Å². The summed E-state index contributed by atoms with van der Waals surface area (Å²) in [5.41, 5.74) is 1.02. The topological polar surface area (TPSA) is 64.0 Å². The van der Waals surface area contributed by atoms with Crippen molar-refractivity contribution in [3.05, 3.63) is 54.4 Å². The van der Waals surface area contributed by atoms with Crippen molar-refractivity contribution in [3.63, 3.8) is 0 Å². The van der Waals surface area contributed by atoms with Crippen molar-refractivity contribution in [3.8, 4) is 0 Å². The van der Waals surface area contributed by atoms with E-state index in [1.54, 1.807) is 24.0 Å². The van der Waals surface area contributed by atoms with Gasteiger partial charge in [-0.1, -0.05) is 18.2 Å². The number of thioether (sulfide) groups is 1. The Bertz CT molecular complexity index is 782. The zero-order valence-electron chi connectivity index (χ0n) is 18.0. The largest absolute Gasteiger partial charge is 0.383 e. The van der Waals surface area contributed by atoms with E-state index in [0.717, 1.165) is 10.6 Å². The zero-order valence-corrected chi connectivity index (χ0v) is 18.8. The monoisotopic (exact) mass is 433 g/mol. The summed E-state index contributed by atoms with van der Waals surface area (Å²) in [5.74, 6) is 0.0823. The molecule has 7 nitrogen and oxygen atoms in total. The van der Waals surface area contributed by atoms with Gasteiger partial charge in [0.05, 0.1) is 32.1 Å². The average molecular weight is 434 g/mol. The summed E-state index contributed by atoms with van der Waals surface area (Å²) in [6, 6.07) is 13.7. The molecule has 1 heterocycles. The van der Waals surface area contributed by atoms with E-state index in [4.69, 9.17) is 9.47 Å². The van der Waals surface area contributed by atoms with Crippen LogP contribution in [0.5, 0.6) is 0 Å². The predicted octanol–water partition coefficient (Wildman–Crippen LogP) is 2.27. The molecule has 2 amide bonds. The lowest BCUT2D eigenvalue weighted by atomic mass is 10.3. The maximum absolute atomic E-state index is 13.1. The smallest absolute Gasteiger partial charge is 0.242 e. The van der Waals surface area contributed by atoms with Crippen LogP contribution in [0, 0.1) is 0 Å². The number of aromatic nitrogens is 1. The maximum Gasteiger partial charge on any atom is 0.242 e. The first-order valence-electron chi connectivity index (χ1n) is 9.86. The van der Waals surface area contributed by atoms with E-state index in [1.165, 1.54) is 11.8 Å². The number of amides is 2. The number of hydrogen-bond acceptors (Lipinski definition) is 5. The summed E-state index contributed by atoms with van der Waals surface area (Å²) in [6.45, 7) is 2.14. The summed E-state index contributed by atoms with van der Waals surface area (Å²) < 4.78 is 12.3. The first-order valence-corrected chi connectivity index (χ1v) is 10.8. The normalized spacial score (nSPS) is 10.8. The molecule has 0 N–H and O–H groups in total. The van der Waals surface area contributed by atoms with Crippen LogP contribution in [0.3, 0.4) is 0 Å². The van der Waals surface area contributed by atoms with Crippen LogP contribution in [-0.4, -0.2) is 79.0 Å². The van der Waals surface area contributed by atoms with Gasteiger partial charge in [0.2, 0.25) is 11.8 Å². The molecule has 0 aliphatic rings. The predicted molar refractivity (Wildman–Crippen MR) is 118 cm³/mol. The second-order valence-electron chi connectivity index (χ2n) is 6.83. The lowest BCUT2D eigenvalue weighted by molar-refractivity contribution is -0.140. The van der Waals surface area contributed by atoms with Crippen LogP contribution < -0.4 is 0 Å². The molecule has 0 unspecified atom stereocenters. The van der Waals surface area contributed by atoms with Gasteiger partial charge in [0.15, 0.2) is 0 Å². The second kappa shape index (κ2) is 13.1. The van der Waals surface area contributed by atoms with Gasteiger partial charge in [-0.3, -0.25) is 9.59 Å². The number of carbonyl (C=O) groups is 2. The molecule has 0 aliphatic heterocycles. The Hall–Kier alpha value is -2.29. The molecule has 0 atom stereocenters. The minimum atomic E-state index is -0.109. The number of aryl methyl sites for hydroxylation is 1. The summed E-state index contributed by atoms with van der Waals surface area (Å²) in [5, 5.41) is 0. The molecule has 0 fully saturated rings. The molecule has 30 heavy (non-hydrogen) atoms. The van der Waals surface area contributed by atoms with Crippen molar-refractivity contribution in [2.45, 2.75) is 11.4 Å². The highest BCUT2D eigenvalue weighted by atomic mass is 32.2. The second-order valence-corrected chi connectivity index (χ2v) is 7.88. The fraction of sp³-hybridized carbons (Fsp3) is 0.455. The van der Waals surface area contributed by atoms with Gasteiger partial charge in [0, 0.05) is 51.1 Å². The molecular weight excluding hydrogens is 402 g/mol. The van der Waals surface area contributed by atoms with E-state index < -0.39 is 0 Å². The highest BCUT2D eigenvalue weighted by molar-refractivity contribution is 8.00. The first kappa shape index (κ1) is 24.0. The Labute approximate surface area is 182 Å². The van der Waals surface area contributed by atoms with Crippen LogP contribution >= 0.6 is 11.8 Å². The molecule has 164 valence electrons. The Balaban J connectivity index is 2.02. The van der Waals surface area contributed by atoms with Gasteiger partial charge >= 0.3 is 0 Å². The molecule has 8 heteroatoms. The highest BCUT2D eigenvalue weighted by Gasteiger charge is 2.22. The van der Waals surface area contributed by atoms with Crippen LogP contribution in [0.1, 0.15) is 5.69 Å². The fourth-order valence-electron chi connectivity index (χ4n) is 2.86. The van der Waals surface area contributed by atoms with Gasteiger partial charge < -0.3 is 23.8 Å². The third kappa shape index (κ3) is 7.85. The van der Waals surface area contributed by atoms with Crippen molar-refractivity contribution in [2.24, 2.45) is 7.05 Å². The number of benzene rings is 1. The number of ether oxygens (including phenoxy) is 2. The minimum Gasteiger partial charge on any atom is -0.383 e. The number of carbonyl (C=O) groups excluding carboxylic acids is 2. The van der Waals surface area contributed by atoms with Crippen LogP contribution in [-0.2, 0) is 32.7 Å². The summed E-state index contributed by atoms with van der Waals surface area (Å²) >= 11 is 1.47. The van der Waals surface area contributed by atoms with Gasteiger partial charge in [0.1, 0.15) is 0 Å². The van der Waals surface area contributed by atoms with Crippen molar-refractivity contribution < 1.29 is 19.1 Å². The van der Waals surface area contributed by atoms with Crippen molar-refractivity contribution >= 4 is 23.6 Å². The third-order valence-corrected chi connectivity index (χ3v) is 5.67. The van der Waals surface area contributed by atoms with E-state index in [9.17, 15) is 9.59 Å². The highest BCUT2D eigenvalue weighted by Crippen LogP contribution is 2.17. The van der Waals surface area contributed by atoms with Crippen molar-refractivity contribution in [1.29, 1.82) is 0 Å². The molecule has 0 saturated heterocycles. The molecule has 0 aliphatic carbocycles. The third-order valence-electron chi connectivity index (χ3n) is 4.67. The van der Waals surface area contributed by atoms with Crippen LogP contribution in [0.25, 0.3) is 0 Å². The Morgan fingerprint density at radius 2 is 1.60 bits per heavy atom. The quantitative estimate of drug-likeness (QED) is 0.454. The van der Waals surface area contributed by atoms with Gasteiger partial charge in [-0.25, -0.2) is 0 Å². The molecule has 0 bridgehead atoms. The summed E-state index contributed by atoms with van der Waals surface area (Å²) in [7, 11) is 5.15. The maximum atomic E-state index is 13.1.